The number of hydrogen-bond acceptors (Lipinski definition) is 3. The minimum atomic E-state index is -2.40. The summed E-state index contributed by atoms with van der Waals surface area (Å²) in [4.78, 5) is 28.5. The summed E-state index contributed by atoms with van der Waals surface area (Å²) >= 11 is 0. The molecule has 1 N–H and O–H groups in total. The van der Waals surface area contributed by atoms with Gasteiger partial charge in [0.2, 0.25) is 5.92 Å². The third-order valence-electron chi connectivity index (χ3n) is 7.18. The van der Waals surface area contributed by atoms with E-state index in [0.717, 1.165) is 6.42 Å². The van der Waals surface area contributed by atoms with Crippen LogP contribution in [0.4, 0.5) is 8.78 Å². The number of hydrogen-bond donors (Lipinski definition) is 1. The summed E-state index contributed by atoms with van der Waals surface area (Å²) in [5, 5.41) is 3.10. The van der Waals surface area contributed by atoms with Crippen molar-refractivity contribution >= 4 is 17.3 Å². The summed E-state index contributed by atoms with van der Waals surface area (Å²) < 4.78 is 26.5. The SMILES string of the molecule is CC.CC(=O)c1cn2c(C(=O)NCC3CCCC(C)(C)C3C)cccc2n1.CCCC(F)(F)CCC. The summed E-state index contributed by atoms with van der Waals surface area (Å²) in [6.45, 7) is 16.7. The molecule has 2 aromatic heterocycles. The first kappa shape index (κ1) is 31.7. The van der Waals surface area contributed by atoms with Crippen molar-refractivity contribution in [1.82, 2.24) is 14.7 Å². The molecule has 3 rings (SSSR count). The minimum absolute atomic E-state index is 0.0425. The van der Waals surface area contributed by atoms with Gasteiger partial charge in [0.15, 0.2) is 5.78 Å². The molecule has 204 valence electrons. The molecule has 0 aromatic carbocycles. The van der Waals surface area contributed by atoms with Gasteiger partial charge in [-0.2, -0.15) is 0 Å². The normalized spacial score (nSPS) is 18.9. The minimum Gasteiger partial charge on any atom is -0.350 e. The number of nitrogens with one attached hydrogen (secondary N) is 1. The molecule has 2 unspecified atom stereocenters. The second-order valence-corrected chi connectivity index (χ2v) is 10.3. The molecule has 0 bridgehead atoms. The molecule has 0 saturated heterocycles. The molecule has 1 amide bonds. The fraction of sp³-hybridized carbons (Fsp3) is 0.690. The van der Waals surface area contributed by atoms with Crippen molar-refractivity contribution in [1.29, 1.82) is 0 Å². The standard InChI is InChI=1S/C20H27N3O2.C7H14F2.C2H6/c1-13-15(7-6-10-20(13,3)4)11-21-19(25)17-8-5-9-18-22-16(14(2)24)12-23(17)18;1-3-5-7(8,9)6-4-2;1-2/h5,8-9,12-13,15H,6-7,10-11H2,1-4H3,(H,21,25);3-6H2,1-2H3;1-2H3. The number of aromatic nitrogens is 2. The molecule has 2 atom stereocenters. The Morgan fingerprint density at radius 3 is 2.33 bits per heavy atom. The van der Waals surface area contributed by atoms with Crippen LogP contribution in [0.2, 0.25) is 0 Å². The van der Waals surface area contributed by atoms with Crippen molar-refractivity contribution in [2.75, 3.05) is 6.54 Å². The summed E-state index contributed by atoms with van der Waals surface area (Å²) in [5.74, 6) is -1.54. The Hall–Kier alpha value is -2.31. The van der Waals surface area contributed by atoms with Crippen molar-refractivity contribution in [2.24, 2.45) is 17.3 Å². The van der Waals surface area contributed by atoms with Crippen LogP contribution in [0.15, 0.2) is 24.4 Å². The molecule has 0 aliphatic heterocycles. The number of Topliss-reactive ketones (excluding diaryl/α,β-unsaturated/α-hetero) is 1. The maximum Gasteiger partial charge on any atom is 0.268 e. The van der Waals surface area contributed by atoms with Gasteiger partial charge < -0.3 is 5.32 Å². The smallest absolute Gasteiger partial charge is 0.268 e. The Bertz CT molecular complexity index is 961. The molecule has 1 saturated carbocycles. The van der Waals surface area contributed by atoms with Crippen LogP contribution in [0.1, 0.15) is 121 Å². The van der Waals surface area contributed by atoms with Crippen molar-refractivity contribution in [2.45, 2.75) is 106 Å². The average Bonchev–Trinajstić information content (AvgIpc) is 3.26. The van der Waals surface area contributed by atoms with Crippen molar-refractivity contribution in [3.05, 3.63) is 35.8 Å². The Morgan fingerprint density at radius 2 is 1.78 bits per heavy atom. The lowest BCUT2D eigenvalue weighted by Gasteiger charge is -2.42. The van der Waals surface area contributed by atoms with Crippen LogP contribution in [-0.4, -0.2) is 33.5 Å². The fourth-order valence-electron chi connectivity index (χ4n) is 4.75. The van der Waals surface area contributed by atoms with E-state index in [1.807, 2.05) is 13.8 Å². The van der Waals surface area contributed by atoms with E-state index in [0.29, 0.717) is 53.7 Å². The van der Waals surface area contributed by atoms with Gasteiger partial charge in [-0.15, -0.1) is 0 Å². The largest absolute Gasteiger partial charge is 0.350 e. The maximum atomic E-state index is 12.7. The number of fused-ring (bicyclic) bond motifs is 1. The summed E-state index contributed by atoms with van der Waals surface area (Å²) in [7, 11) is 0. The Balaban J connectivity index is 0.000000500. The predicted octanol–water partition coefficient (Wildman–Crippen LogP) is 7.98. The highest BCUT2D eigenvalue weighted by molar-refractivity contribution is 5.95. The highest BCUT2D eigenvalue weighted by Gasteiger charge is 2.35. The first-order valence-corrected chi connectivity index (χ1v) is 13.6. The maximum absolute atomic E-state index is 12.7. The quantitative estimate of drug-likeness (QED) is 0.368. The highest BCUT2D eigenvalue weighted by Crippen LogP contribution is 2.43. The topological polar surface area (TPSA) is 63.5 Å². The van der Waals surface area contributed by atoms with E-state index >= 15 is 0 Å². The molecular weight excluding hydrogens is 460 g/mol. The van der Waals surface area contributed by atoms with Crippen molar-refractivity contribution in [3.63, 3.8) is 0 Å². The molecule has 0 spiro atoms. The van der Waals surface area contributed by atoms with Crippen molar-refractivity contribution in [3.8, 4) is 0 Å². The number of halogens is 2. The number of ketones is 1. The lowest BCUT2D eigenvalue weighted by atomic mass is 9.64. The molecule has 1 aliphatic rings. The predicted molar refractivity (Wildman–Crippen MR) is 144 cm³/mol. The molecule has 1 fully saturated rings. The summed E-state index contributed by atoms with van der Waals surface area (Å²) in [5.41, 5.74) is 1.84. The van der Waals surface area contributed by atoms with E-state index in [2.05, 4.69) is 31.1 Å². The van der Waals surface area contributed by atoms with Gasteiger partial charge in [0.05, 0.1) is 0 Å². The van der Waals surface area contributed by atoms with Crippen LogP contribution in [0.25, 0.3) is 5.65 Å². The van der Waals surface area contributed by atoms with E-state index in [1.54, 1.807) is 42.6 Å². The van der Waals surface area contributed by atoms with Gasteiger partial charge in [-0.25, -0.2) is 13.8 Å². The van der Waals surface area contributed by atoms with Gasteiger partial charge in [-0.3, -0.25) is 14.0 Å². The van der Waals surface area contributed by atoms with Crippen LogP contribution >= 0.6 is 0 Å². The van der Waals surface area contributed by atoms with Crippen LogP contribution in [-0.2, 0) is 0 Å². The first-order valence-electron chi connectivity index (χ1n) is 13.6. The first-order chi connectivity index (χ1) is 16.9. The molecule has 5 nitrogen and oxygen atoms in total. The molecule has 2 aromatic rings. The number of carbonyl (C=O) groups excluding carboxylic acids is 2. The molecule has 0 radical (unpaired) electrons. The van der Waals surface area contributed by atoms with E-state index in [-0.39, 0.29) is 24.5 Å². The third kappa shape index (κ3) is 8.97. The number of alkyl halides is 2. The van der Waals surface area contributed by atoms with Crippen molar-refractivity contribution < 1.29 is 18.4 Å². The van der Waals surface area contributed by atoms with Crippen LogP contribution < -0.4 is 5.32 Å². The second kappa shape index (κ2) is 14.4. The zero-order valence-electron chi connectivity index (χ0n) is 23.6. The zero-order valence-corrected chi connectivity index (χ0v) is 23.6. The Morgan fingerprint density at radius 1 is 1.17 bits per heavy atom. The Labute approximate surface area is 216 Å². The average molecular weight is 508 g/mol. The van der Waals surface area contributed by atoms with E-state index < -0.39 is 5.92 Å². The third-order valence-corrected chi connectivity index (χ3v) is 7.18. The number of pyridine rings is 1. The highest BCUT2D eigenvalue weighted by atomic mass is 19.3. The van der Waals surface area contributed by atoms with Crippen LogP contribution in [0.3, 0.4) is 0 Å². The number of carbonyl (C=O) groups is 2. The Kier molecular flexibility index (Phi) is 12.7. The van der Waals surface area contributed by atoms with E-state index in [9.17, 15) is 18.4 Å². The number of rotatable bonds is 8. The van der Waals surface area contributed by atoms with Gasteiger partial charge in [0.25, 0.3) is 5.91 Å². The molecule has 2 heterocycles. The van der Waals surface area contributed by atoms with Gasteiger partial charge in [-0.1, -0.05) is 73.8 Å². The van der Waals surface area contributed by atoms with E-state index in [4.69, 9.17) is 0 Å². The van der Waals surface area contributed by atoms with E-state index in [1.165, 1.54) is 19.8 Å². The molecule has 36 heavy (non-hydrogen) atoms. The lowest BCUT2D eigenvalue weighted by Crippen LogP contribution is -2.40. The van der Waals surface area contributed by atoms with Gasteiger partial charge >= 0.3 is 0 Å². The van der Waals surface area contributed by atoms with Gasteiger partial charge in [0, 0.05) is 32.5 Å². The number of amides is 1. The monoisotopic (exact) mass is 507 g/mol. The summed E-state index contributed by atoms with van der Waals surface area (Å²) in [6.07, 6.45) is 6.51. The van der Waals surface area contributed by atoms with Crippen LogP contribution in [0, 0.1) is 17.3 Å². The summed E-state index contributed by atoms with van der Waals surface area (Å²) in [6, 6.07) is 5.37. The number of nitrogens with zero attached hydrogens (tertiary/aromatic N) is 2. The fourth-order valence-corrected chi connectivity index (χ4v) is 4.75. The number of imidazole rings is 1. The lowest BCUT2D eigenvalue weighted by molar-refractivity contribution is -0.0173. The molecule has 1 aliphatic carbocycles. The van der Waals surface area contributed by atoms with Gasteiger partial charge in [-0.05, 0) is 42.2 Å². The van der Waals surface area contributed by atoms with Crippen LogP contribution in [0.5, 0.6) is 0 Å². The molecule has 7 heteroatoms. The zero-order chi connectivity index (χ0) is 27.5. The molecular formula is C29H47F2N3O2. The second-order valence-electron chi connectivity index (χ2n) is 10.3. The van der Waals surface area contributed by atoms with Gasteiger partial charge in [0.1, 0.15) is 17.0 Å².